The third kappa shape index (κ3) is 2.78. The second-order valence-corrected chi connectivity index (χ2v) is 6.71. The van der Waals surface area contributed by atoms with Crippen LogP contribution in [0.2, 0.25) is 0 Å². The molecular weight excluding hydrogens is 252 g/mol. The minimum Gasteiger partial charge on any atom is -0.469 e. The van der Waals surface area contributed by atoms with Crippen molar-refractivity contribution in [3.8, 4) is 0 Å². The van der Waals surface area contributed by atoms with Crippen LogP contribution in [0.4, 0.5) is 0 Å². The van der Waals surface area contributed by atoms with Gasteiger partial charge in [-0.05, 0) is 62.7 Å². The zero-order chi connectivity index (χ0) is 14.8. The van der Waals surface area contributed by atoms with E-state index >= 15 is 0 Å². The van der Waals surface area contributed by atoms with Gasteiger partial charge in [-0.3, -0.25) is 4.79 Å². The van der Waals surface area contributed by atoms with Crippen LogP contribution in [-0.4, -0.2) is 24.3 Å². The number of esters is 1. The van der Waals surface area contributed by atoms with Gasteiger partial charge in [0.2, 0.25) is 0 Å². The molecule has 0 saturated heterocycles. The van der Waals surface area contributed by atoms with Crippen LogP contribution in [0.3, 0.4) is 0 Å². The van der Waals surface area contributed by atoms with Crippen molar-refractivity contribution in [3.63, 3.8) is 0 Å². The molecule has 3 heteroatoms. The first-order valence-corrected chi connectivity index (χ1v) is 7.91. The molecule has 0 aromatic carbocycles. The van der Waals surface area contributed by atoms with E-state index in [1.165, 1.54) is 19.1 Å². The zero-order valence-corrected chi connectivity index (χ0v) is 12.9. The molecule has 2 aliphatic carbocycles. The number of aliphatic hydroxyl groups excluding tert-OH is 1. The molecule has 20 heavy (non-hydrogen) atoms. The fraction of sp³-hybridized carbons (Fsp3) is 0.824. The lowest BCUT2D eigenvalue weighted by atomic mass is 9.59. The van der Waals surface area contributed by atoms with E-state index in [1.807, 2.05) is 0 Å². The minimum absolute atomic E-state index is 0.126. The van der Waals surface area contributed by atoms with Gasteiger partial charge in [0.05, 0.1) is 13.2 Å². The molecule has 0 radical (unpaired) electrons. The summed E-state index contributed by atoms with van der Waals surface area (Å²) in [5, 5.41) is 10.4. The Morgan fingerprint density at radius 1 is 1.40 bits per heavy atom. The normalized spacial score (nSPS) is 36.5. The van der Waals surface area contributed by atoms with Crippen LogP contribution in [-0.2, 0) is 9.53 Å². The van der Waals surface area contributed by atoms with Crippen molar-refractivity contribution >= 4 is 5.97 Å². The number of carbonyl (C=O) groups is 1. The predicted molar refractivity (Wildman–Crippen MR) is 79.2 cm³/mol. The molecule has 4 atom stereocenters. The highest BCUT2D eigenvalue weighted by atomic mass is 16.5. The fourth-order valence-corrected chi connectivity index (χ4v) is 4.84. The summed E-state index contributed by atoms with van der Waals surface area (Å²) in [6, 6.07) is 0. The van der Waals surface area contributed by atoms with Crippen molar-refractivity contribution in [2.75, 3.05) is 7.11 Å². The van der Waals surface area contributed by atoms with Crippen LogP contribution in [0.1, 0.15) is 58.3 Å². The van der Waals surface area contributed by atoms with Crippen LogP contribution < -0.4 is 0 Å². The molecule has 0 heterocycles. The van der Waals surface area contributed by atoms with Crippen LogP contribution >= 0.6 is 0 Å². The van der Waals surface area contributed by atoms with E-state index in [4.69, 9.17) is 4.74 Å². The lowest BCUT2D eigenvalue weighted by molar-refractivity contribution is -0.141. The molecule has 2 rings (SSSR count). The van der Waals surface area contributed by atoms with Gasteiger partial charge in [-0.15, -0.1) is 0 Å². The third-order valence-corrected chi connectivity index (χ3v) is 5.65. The summed E-state index contributed by atoms with van der Waals surface area (Å²) in [6.07, 6.45) is 7.67. The summed E-state index contributed by atoms with van der Waals surface area (Å²) < 4.78 is 4.74. The highest BCUT2D eigenvalue weighted by molar-refractivity contribution is 5.69. The molecule has 0 aromatic rings. The Kier molecular flexibility index (Phi) is 4.90. The summed E-state index contributed by atoms with van der Waals surface area (Å²) in [5.74, 6) is 0.787. The number of aliphatic hydroxyl groups is 1. The Morgan fingerprint density at radius 3 is 2.80 bits per heavy atom. The summed E-state index contributed by atoms with van der Waals surface area (Å²) >= 11 is 0. The van der Waals surface area contributed by atoms with E-state index in [9.17, 15) is 9.90 Å². The maximum absolute atomic E-state index is 11.3. The molecular formula is C17H28O3. The zero-order valence-electron chi connectivity index (χ0n) is 12.9. The lowest BCUT2D eigenvalue weighted by Crippen LogP contribution is -2.42. The van der Waals surface area contributed by atoms with E-state index < -0.39 is 0 Å². The fourth-order valence-electron chi connectivity index (χ4n) is 4.84. The number of fused-ring (bicyclic) bond motifs is 1. The van der Waals surface area contributed by atoms with E-state index in [0.29, 0.717) is 18.3 Å². The van der Waals surface area contributed by atoms with Gasteiger partial charge in [0, 0.05) is 6.42 Å². The molecule has 0 unspecified atom stereocenters. The molecule has 114 valence electrons. The van der Waals surface area contributed by atoms with E-state index in [-0.39, 0.29) is 17.5 Å². The predicted octanol–water partition coefficient (Wildman–Crippen LogP) is 3.46. The van der Waals surface area contributed by atoms with Crippen LogP contribution in [0, 0.1) is 17.3 Å². The van der Waals surface area contributed by atoms with Crippen molar-refractivity contribution in [1.82, 2.24) is 0 Å². The Morgan fingerprint density at radius 2 is 2.15 bits per heavy atom. The van der Waals surface area contributed by atoms with Gasteiger partial charge in [-0.25, -0.2) is 0 Å². The first kappa shape index (κ1) is 15.6. The topological polar surface area (TPSA) is 46.5 Å². The number of methoxy groups -OCH3 is 1. The van der Waals surface area contributed by atoms with Crippen LogP contribution in [0.5, 0.6) is 0 Å². The van der Waals surface area contributed by atoms with Crippen LogP contribution in [0.25, 0.3) is 0 Å². The Balaban J connectivity index is 2.11. The standard InChI is InChI=1S/C17H28O3/c1-12(2)13-8-9-14-15(18)6-4-10-17(13,14)11-5-7-16(19)20-3/h13-15,18H,1,4-11H2,2-3H3/t13-,14+,15+,17+/m1/s1. The average molecular weight is 280 g/mol. The van der Waals surface area contributed by atoms with Gasteiger partial charge < -0.3 is 9.84 Å². The Hall–Kier alpha value is -0.830. The van der Waals surface area contributed by atoms with Crippen molar-refractivity contribution in [1.29, 1.82) is 0 Å². The number of rotatable bonds is 5. The third-order valence-electron chi connectivity index (χ3n) is 5.65. The smallest absolute Gasteiger partial charge is 0.305 e. The lowest BCUT2D eigenvalue weighted by Gasteiger charge is -2.46. The van der Waals surface area contributed by atoms with Crippen molar-refractivity contribution in [2.45, 2.75) is 64.4 Å². The number of carbonyl (C=O) groups excluding carboxylic acids is 1. The number of hydrogen-bond donors (Lipinski definition) is 1. The summed E-state index contributed by atoms with van der Waals surface area (Å²) in [4.78, 5) is 11.3. The largest absolute Gasteiger partial charge is 0.469 e. The SMILES string of the molecule is C=C(C)[C@H]1CC[C@H]2[C@@H](O)CCC[C@]12CCCC(=O)OC. The summed E-state index contributed by atoms with van der Waals surface area (Å²) in [7, 11) is 1.44. The summed E-state index contributed by atoms with van der Waals surface area (Å²) in [5.41, 5.74) is 1.43. The molecule has 2 fully saturated rings. The Bertz CT molecular complexity index is 376. The molecule has 2 aliphatic rings. The highest BCUT2D eigenvalue weighted by Crippen LogP contribution is 2.60. The van der Waals surface area contributed by atoms with Gasteiger partial charge in [-0.1, -0.05) is 18.6 Å². The second kappa shape index (κ2) is 6.30. The number of allylic oxidation sites excluding steroid dienone is 1. The quantitative estimate of drug-likeness (QED) is 0.619. The summed E-state index contributed by atoms with van der Waals surface area (Å²) in [6.45, 7) is 6.31. The molecule has 3 nitrogen and oxygen atoms in total. The highest BCUT2D eigenvalue weighted by Gasteiger charge is 2.53. The van der Waals surface area contributed by atoms with Crippen LogP contribution in [0.15, 0.2) is 12.2 Å². The molecule has 0 spiro atoms. The van der Waals surface area contributed by atoms with Crippen molar-refractivity contribution < 1.29 is 14.6 Å². The van der Waals surface area contributed by atoms with Crippen molar-refractivity contribution in [2.24, 2.45) is 17.3 Å². The van der Waals surface area contributed by atoms with Gasteiger partial charge in [0.25, 0.3) is 0 Å². The second-order valence-electron chi connectivity index (χ2n) is 6.71. The molecule has 0 aliphatic heterocycles. The Labute approximate surface area is 122 Å². The number of ether oxygens (including phenoxy) is 1. The van der Waals surface area contributed by atoms with E-state index in [2.05, 4.69) is 13.5 Å². The monoisotopic (exact) mass is 280 g/mol. The molecule has 2 saturated carbocycles. The minimum atomic E-state index is -0.161. The molecule has 0 aromatic heterocycles. The van der Waals surface area contributed by atoms with Gasteiger partial charge >= 0.3 is 5.97 Å². The first-order chi connectivity index (χ1) is 9.51. The van der Waals surface area contributed by atoms with Crippen molar-refractivity contribution in [3.05, 3.63) is 12.2 Å². The first-order valence-electron chi connectivity index (χ1n) is 7.91. The maximum Gasteiger partial charge on any atom is 0.305 e. The van der Waals surface area contributed by atoms with E-state index in [0.717, 1.165) is 38.5 Å². The van der Waals surface area contributed by atoms with Gasteiger partial charge in [-0.2, -0.15) is 0 Å². The molecule has 1 N–H and O–H groups in total. The maximum atomic E-state index is 11.3. The van der Waals surface area contributed by atoms with Gasteiger partial charge in [0.15, 0.2) is 0 Å². The molecule has 0 bridgehead atoms. The molecule has 0 amide bonds. The van der Waals surface area contributed by atoms with E-state index in [1.54, 1.807) is 0 Å². The van der Waals surface area contributed by atoms with Gasteiger partial charge in [0.1, 0.15) is 0 Å². The number of hydrogen-bond acceptors (Lipinski definition) is 3. The average Bonchev–Trinajstić information content (AvgIpc) is 2.79.